The van der Waals surface area contributed by atoms with Crippen LogP contribution in [0.2, 0.25) is 0 Å². The van der Waals surface area contributed by atoms with E-state index in [9.17, 15) is 0 Å². The smallest absolute Gasteiger partial charge is 0.142 e. The van der Waals surface area contributed by atoms with Crippen molar-refractivity contribution >= 4 is 11.6 Å². The first-order valence-corrected chi connectivity index (χ1v) is 6.41. The van der Waals surface area contributed by atoms with E-state index in [4.69, 9.17) is 11.6 Å². The molecule has 0 aromatic carbocycles. The van der Waals surface area contributed by atoms with Crippen LogP contribution in [0, 0.1) is 0 Å². The summed E-state index contributed by atoms with van der Waals surface area (Å²) in [5, 5.41) is 0. The van der Waals surface area contributed by atoms with E-state index in [-0.39, 0.29) is 0 Å². The SMILES string of the molecule is CCC(CC)N(CCCl)Cc1ncccn1. The van der Waals surface area contributed by atoms with Crippen LogP contribution in [-0.4, -0.2) is 33.3 Å². The monoisotopic (exact) mass is 241 g/mol. The van der Waals surface area contributed by atoms with Crippen LogP contribution in [0.1, 0.15) is 32.5 Å². The van der Waals surface area contributed by atoms with Gasteiger partial charge in [-0.2, -0.15) is 0 Å². The number of hydrogen-bond acceptors (Lipinski definition) is 3. The molecule has 0 spiro atoms. The molecule has 0 N–H and O–H groups in total. The van der Waals surface area contributed by atoms with Gasteiger partial charge in [-0.3, -0.25) is 4.90 Å². The molecular weight excluding hydrogens is 222 g/mol. The number of hydrogen-bond donors (Lipinski definition) is 0. The van der Waals surface area contributed by atoms with Crippen molar-refractivity contribution in [1.29, 1.82) is 0 Å². The number of halogens is 1. The summed E-state index contributed by atoms with van der Waals surface area (Å²) in [5.74, 6) is 1.53. The lowest BCUT2D eigenvalue weighted by atomic mass is 10.1. The van der Waals surface area contributed by atoms with Crippen LogP contribution in [-0.2, 0) is 6.54 Å². The lowest BCUT2D eigenvalue weighted by molar-refractivity contribution is 0.183. The van der Waals surface area contributed by atoms with Gasteiger partial charge in [0, 0.05) is 30.9 Å². The molecule has 0 saturated heterocycles. The van der Waals surface area contributed by atoms with Gasteiger partial charge in [-0.1, -0.05) is 13.8 Å². The van der Waals surface area contributed by atoms with Gasteiger partial charge < -0.3 is 0 Å². The van der Waals surface area contributed by atoms with Crippen molar-refractivity contribution in [3.8, 4) is 0 Å². The number of nitrogens with zero attached hydrogens (tertiary/aromatic N) is 3. The molecule has 0 bridgehead atoms. The second-order valence-electron chi connectivity index (χ2n) is 3.79. The highest BCUT2D eigenvalue weighted by Crippen LogP contribution is 2.11. The maximum atomic E-state index is 5.84. The standard InChI is InChI=1S/C12H20ClN3/c1-3-11(4-2)16(9-6-13)10-12-14-7-5-8-15-12/h5,7-8,11H,3-4,6,9-10H2,1-2H3. The zero-order valence-corrected chi connectivity index (χ0v) is 10.8. The second-order valence-corrected chi connectivity index (χ2v) is 4.17. The molecular formula is C12H20ClN3. The average Bonchev–Trinajstić information content (AvgIpc) is 2.32. The summed E-state index contributed by atoms with van der Waals surface area (Å²) >= 11 is 5.84. The zero-order valence-electron chi connectivity index (χ0n) is 10.1. The van der Waals surface area contributed by atoms with Crippen molar-refractivity contribution in [3.63, 3.8) is 0 Å². The minimum absolute atomic E-state index is 0.572. The normalized spacial score (nSPS) is 11.3. The topological polar surface area (TPSA) is 29.0 Å². The largest absolute Gasteiger partial charge is 0.292 e. The highest BCUT2D eigenvalue weighted by Gasteiger charge is 2.15. The summed E-state index contributed by atoms with van der Waals surface area (Å²) in [6.45, 7) is 6.11. The molecule has 1 rings (SSSR count). The third-order valence-corrected chi connectivity index (χ3v) is 2.96. The highest BCUT2D eigenvalue weighted by atomic mass is 35.5. The van der Waals surface area contributed by atoms with E-state index in [0.29, 0.717) is 11.9 Å². The second kappa shape index (κ2) is 7.58. The van der Waals surface area contributed by atoms with Crippen LogP contribution >= 0.6 is 11.6 Å². The van der Waals surface area contributed by atoms with Gasteiger partial charge in [-0.15, -0.1) is 11.6 Å². The molecule has 1 aromatic heterocycles. The van der Waals surface area contributed by atoms with Gasteiger partial charge in [-0.05, 0) is 18.9 Å². The van der Waals surface area contributed by atoms with Crippen molar-refractivity contribution in [2.24, 2.45) is 0 Å². The van der Waals surface area contributed by atoms with Gasteiger partial charge in [0.1, 0.15) is 5.82 Å². The number of rotatable bonds is 7. The summed E-state index contributed by atoms with van der Waals surface area (Å²) in [6.07, 6.45) is 5.85. The molecule has 0 unspecified atom stereocenters. The molecule has 1 aromatic rings. The molecule has 0 radical (unpaired) electrons. The van der Waals surface area contributed by atoms with Crippen LogP contribution in [0.4, 0.5) is 0 Å². The number of aromatic nitrogens is 2. The lowest BCUT2D eigenvalue weighted by Crippen LogP contribution is -2.36. The summed E-state index contributed by atoms with van der Waals surface area (Å²) in [5.41, 5.74) is 0. The first kappa shape index (κ1) is 13.4. The van der Waals surface area contributed by atoms with Gasteiger partial charge >= 0.3 is 0 Å². The Kier molecular flexibility index (Phi) is 6.34. The lowest BCUT2D eigenvalue weighted by Gasteiger charge is -2.28. The van der Waals surface area contributed by atoms with Crippen LogP contribution in [0.5, 0.6) is 0 Å². The molecule has 90 valence electrons. The van der Waals surface area contributed by atoms with Gasteiger partial charge in [0.15, 0.2) is 0 Å². The Morgan fingerprint density at radius 2 is 1.88 bits per heavy atom. The maximum absolute atomic E-state index is 5.84. The average molecular weight is 242 g/mol. The maximum Gasteiger partial charge on any atom is 0.142 e. The fraction of sp³-hybridized carbons (Fsp3) is 0.667. The van der Waals surface area contributed by atoms with Crippen LogP contribution in [0.3, 0.4) is 0 Å². The quantitative estimate of drug-likeness (QED) is 0.688. The molecule has 0 aliphatic carbocycles. The van der Waals surface area contributed by atoms with E-state index >= 15 is 0 Å². The van der Waals surface area contributed by atoms with Crippen molar-refractivity contribution < 1.29 is 0 Å². The van der Waals surface area contributed by atoms with E-state index in [1.165, 1.54) is 0 Å². The predicted molar refractivity (Wildman–Crippen MR) is 67.5 cm³/mol. The van der Waals surface area contributed by atoms with E-state index in [0.717, 1.165) is 31.8 Å². The summed E-state index contributed by atoms with van der Waals surface area (Å²) < 4.78 is 0. The summed E-state index contributed by atoms with van der Waals surface area (Å²) in [4.78, 5) is 10.9. The molecule has 16 heavy (non-hydrogen) atoms. The van der Waals surface area contributed by atoms with Crippen LogP contribution < -0.4 is 0 Å². The van der Waals surface area contributed by atoms with Gasteiger partial charge in [-0.25, -0.2) is 9.97 Å². The Labute approximate surface area is 103 Å². The minimum Gasteiger partial charge on any atom is -0.292 e. The Balaban J connectivity index is 2.63. The summed E-state index contributed by atoms with van der Waals surface area (Å²) in [7, 11) is 0. The molecule has 0 saturated carbocycles. The van der Waals surface area contributed by atoms with Crippen molar-refractivity contribution in [2.45, 2.75) is 39.3 Å². The third-order valence-electron chi connectivity index (χ3n) is 2.79. The van der Waals surface area contributed by atoms with Crippen LogP contribution in [0.25, 0.3) is 0 Å². The van der Waals surface area contributed by atoms with E-state index in [2.05, 4.69) is 28.7 Å². The van der Waals surface area contributed by atoms with E-state index in [1.807, 2.05) is 6.07 Å². The van der Waals surface area contributed by atoms with Gasteiger partial charge in [0.05, 0.1) is 6.54 Å². The minimum atomic E-state index is 0.572. The molecule has 1 heterocycles. The number of alkyl halides is 1. The highest BCUT2D eigenvalue weighted by molar-refractivity contribution is 6.18. The Morgan fingerprint density at radius 3 is 2.38 bits per heavy atom. The third kappa shape index (κ3) is 4.06. The van der Waals surface area contributed by atoms with Gasteiger partial charge in [0.25, 0.3) is 0 Å². The van der Waals surface area contributed by atoms with Crippen molar-refractivity contribution in [3.05, 3.63) is 24.3 Å². The molecule has 0 atom stereocenters. The molecule has 0 aliphatic heterocycles. The molecule has 3 nitrogen and oxygen atoms in total. The first-order chi connectivity index (χ1) is 7.81. The Hall–Kier alpha value is -0.670. The van der Waals surface area contributed by atoms with Crippen molar-refractivity contribution in [2.75, 3.05) is 12.4 Å². The summed E-state index contributed by atoms with van der Waals surface area (Å²) in [6, 6.07) is 2.41. The van der Waals surface area contributed by atoms with Gasteiger partial charge in [0.2, 0.25) is 0 Å². The Morgan fingerprint density at radius 1 is 1.25 bits per heavy atom. The molecule has 4 heteroatoms. The predicted octanol–water partition coefficient (Wildman–Crippen LogP) is 2.71. The Bertz CT molecular complexity index is 275. The fourth-order valence-corrected chi connectivity index (χ4v) is 2.11. The van der Waals surface area contributed by atoms with E-state index < -0.39 is 0 Å². The first-order valence-electron chi connectivity index (χ1n) is 5.87. The molecule has 0 aliphatic rings. The zero-order chi connectivity index (χ0) is 11.8. The van der Waals surface area contributed by atoms with Crippen molar-refractivity contribution in [1.82, 2.24) is 14.9 Å². The van der Waals surface area contributed by atoms with Crippen LogP contribution in [0.15, 0.2) is 18.5 Å². The fourth-order valence-electron chi connectivity index (χ4n) is 1.90. The van der Waals surface area contributed by atoms with E-state index in [1.54, 1.807) is 12.4 Å². The molecule has 0 amide bonds. The molecule has 0 fully saturated rings.